The van der Waals surface area contributed by atoms with E-state index in [9.17, 15) is 9.90 Å². The number of halogens is 1. The highest BCUT2D eigenvalue weighted by Crippen LogP contribution is 2.24. The standard InChI is InChI=1S/C17H17ClN4O2/c1-10-7-8-12-15(19-9-11(2)23)21-17(24)22(16(12)20-10)14-6-4-3-5-13(14)18/h3-8,11,23H,9H2,1-2H3,(H,19,21,24)/t11-/m1/s1. The molecule has 2 N–H and O–H groups in total. The second-order valence-corrected chi connectivity index (χ2v) is 5.99. The zero-order valence-corrected chi connectivity index (χ0v) is 14.1. The van der Waals surface area contributed by atoms with Crippen LogP contribution >= 0.6 is 11.6 Å². The van der Waals surface area contributed by atoms with Crippen LogP contribution < -0.4 is 11.0 Å². The van der Waals surface area contributed by atoms with Gasteiger partial charge in [0.1, 0.15) is 5.82 Å². The van der Waals surface area contributed by atoms with E-state index in [1.165, 1.54) is 4.57 Å². The first kappa shape index (κ1) is 16.4. The fourth-order valence-corrected chi connectivity index (χ4v) is 2.64. The fraction of sp³-hybridized carbons (Fsp3) is 0.235. The summed E-state index contributed by atoms with van der Waals surface area (Å²) in [4.78, 5) is 21.2. The van der Waals surface area contributed by atoms with Gasteiger partial charge in [-0.2, -0.15) is 4.98 Å². The van der Waals surface area contributed by atoms with Gasteiger partial charge in [0.15, 0.2) is 5.65 Å². The molecule has 0 radical (unpaired) electrons. The summed E-state index contributed by atoms with van der Waals surface area (Å²) >= 11 is 6.25. The molecule has 0 amide bonds. The molecule has 2 aromatic heterocycles. The summed E-state index contributed by atoms with van der Waals surface area (Å²) in [7, 11) is 0. The van der Waals surface area contributed by atoms with Gasteiger partial charge in [-0.1, -0.05) is 23.7 Å². The summed E-state index contributed by atoms with van der Waals surface area (Å²) in [5, 5.41) is 13.6. The van der Waals surface area contributed by atoms with Crippen LogP contribution in [0.5, 0.6) is 0 Å². The monoisotopic (exact) mass is 344 g/mol. The molecule has 3 aromatic rings. The summed E-state index contributed by atoms with van der Waals surface area (Å²) in [5.41, 5.74) is 1.29. The molecule has 6 nitrogen and oxygen atoms in total. The number of aryl methyl sites for hydroxylation is 1. The lowest BCUT2D eigenvalue weighted by Crippen LogP contribution is -2.26. The Kier molecular flexibility index (Phi) is 4.51. The molecule has 124 valence electrons. The summed E-state index contributed by atoms with van der Waals surface area (Å²) in [6.07, 6.45) is -0.564. The Hall–Kier alpha value is -2.44. The van der Waals surface area contributed by atoms with Gasteiger partial charge >= 0.3 is 5.69 Å². The van der Waals surface area contributed by atoms with Crippen molar-refractivity contribution in [3.63, 3.8) is 0 Å². The van der Waals surface area contributed by atoms with Crippen molar-refractivity contribution >= 4 is 28.5 Å². The maximum Gasteiger partial charge on any atom is 0.355 e. The summed E-state index contributed by atoms with van der Waals surface area (Å²) in [5.74, 6) is 0.395. The molecule has 0 saturated carbocycles. The molecule has 3 rings (SSSR count). The maximum atomic E-state index is 12.6. The number of nitrogens with zero attached hydrogens (tertiary/aromatic N) is 3. The van der Waals surface area contributed by atoms with Crippen LogP contribution in [0.25, 0.3) is 16.7 Å². The number of pyridine rings is 1. The number of nitrogens with one attached hydrogen (secondary N) is 1. The van der Waals surface area contributed by atoms with Crippen LogP contribution in [0.15, 0.2) is 41.2 Å². The van der Waals surface area contributed by atoms with Gasteiger partial charge in [-0.05, 0) is 38.1 Å². The van der Waals surface area contributed by atoms with Gasteiger partial charge in [0.05, 0.1) is 22.2 Å². The maximum absolute atomic E-state index is 12.6. The number of aliphatic hydroxyl groups is 1. The van der Waals surface area contributed by atoms with Crippen molar-refractivity contribution in [2.45, 2.75) is 20.0 Å². The van der Waals surface area contributed by atoms with Gasteiger partial charge in [-0.3, -0.25) is 0 Å². The van der Waals surface area contributed by atoms with Gasteiger partial charge in [0.2, 0.25) is 0 Å². The number of hydrogen-bond acceptors (Lipinski definition) is 5. The molecule has 7 heteroatoms. The summed E-state index contributed by atoms with van der Waals surface area (Å²) < 4.78 is 1.40. The van der Waals surface area contributed by atoms with Crippen molar-refractivity contribution in [1.82, 2.24) is 14.5 Å². The van der Waals surface area contributed by atoms with Crippen LogP contribution in [0.2, 0.25) is 5.02 Å². The lowest BCUT2D eigenvalue weighted by atomic mass is 10.2. The topological polar surface area (TPSA) is 80.0 Å². The zero-order valence-electron chi connectivity index (χ0n) is 13.3. The van der Waals surface area contributed by atoms with Crippen molar-refractivity contribution in [2.75, 3.05) is 11.9 Å². The Morgan fingerprint density at radius 1 is 1.25 bits per heavy atom. The number of rotatable bonds is 4. The fourth-order valence-electron chi connectivity index (χ4n) is 2.42. The van der Waals surface area contributed by atoms with E-state index in [1.807, 2.05) is 19.1 Å². The van der Waals surface area contributed by atoms with Gasteiger partial charge in [0, 0.05) is 12.2 Å². The normalized spacial score (nSPS) is 12.3. The van der Waals surface area contributed by atoms with E-state index in [0.29, 0.717) is 27.6 Å². The number of hydrogen-bond donors (Lipinski definition) is 2. The van der Waals surface area contributed by atoms with Gasteiger partial charge in [-0.25, -0.2) is 14.3 Å². The largest absolute Gasteiger partial charge is 0.392 e. The van der Waals surface area contributed by atoms with Crippen LogP contribution in [-0.4, -0.2) is 32.3 Å². The SMILES string of the molecule is Cc1ccc2c(NC[C@@H](C)O)nc(=O)n(-c3ccccc3Cl)c2n1. The minimum Gasteiger partial charge on any atom is -0.392 e. The Balaban J connectivity index is 2.30. The number of aromatic nitrogens is 3. The Labute approximate surface area is 143 Å². The number of para-hydroxylation sites is 1. The minimum atomic E-state index is -0.564. The first-order chi connectivity index (χ1) is 11.5. The Morgan fingerprint density at radius 3 is 2.71 bits per heavy atom. The van der Waals surface area contributed by atoms with E-state index in [4.69, 9.17) is 11.6 Å². The van der Waals surface area contributed by atoms with Crippen molar-refractivity contribution in [2.24, 2.45) is 0 Å². The molecular weight excluding hydrogens is 328 g/mol. The Morgan fingerprint density at radius 2 is 2.00 bits per heavy atom. The second-order valence-electron chi connectivity index (χ2n) is 5.58. The van der Waals surface area contributed by atoms with Gasteiger partial charge in [0.25, 0.3) is 0 Å². The molecule has 0 spiro atoms. The second kappa shape index (κ2) is 6.59. The summed E-state index contributed by atoms with van der Waals surface area (Å²) in [6.45, 7) is 3.79. The molecule has 0 fully saturated rings. The molecule has 0 aliphatic carbocycles. The van der Waals surface area contributed by atoms with E-state index in [0.717, 1.165) is 5.69 Å². The number of fused-ring (bicyclic) bond motifs is 1. The smallest absolute Gasteiger partial charge is 0.355 e. The van der Waals surface area contributed by atoms with Gasteiger partial charge in [-0.15, -0.1) is 0 Å². The summed E-state index contributed by atoms with van der Waals surface area (Å²) in [6, 6.07) is 10.8. The quantitative estimate of drug-likeness (QED) is 0.760. The molecular formula is C17H17ClN4O2. The lowest BCUT2D eigenvalue weighted by Gasteiger charge is -2.15. The number of anilines is 1. The number of benzene rings is 1. The predicted octanol–water partition coefficient (Wildman–Crippen LogP) is 2.54. The molecule has 0 unspecified atom stereocenters. The van der Waals surface area contributed by atoms with Crippen molar-refractivity contribution < 1.29 is 5.11 Å². The predicted molar refractivity (Wildman–Crippen MR) is 95.1 cm³/mol. The van der Waals surface area contributed by atoms with E-state index in [-0.39, 0.29) is 6.54 Å². The zero-order chi connectivity index (χ0) is 17.3. The molecule has 1 atom stereocenters. The van der Waals surface area contributed by atoms with Crippen molar-refractivity contribution in [3.8, 4) is 5.69 Å². The van der Waals surface area contributed by atoms with E-state index in [1.54, 1.807) is 31.2 Å². The van der Waals surface area contributed by atoms with Crippen molar-refractivity contribution in [3.05, 3.63) is 57.6 Å². The molecule has 0 aliphatic heterocycles. The third kappa shape index (κ3) is 3.11. The van der Waals surface area contributed by atoms with Crippen LogP contribution in [0, 0.1) is 6.92 Å². The minimum absolute atomic E-state index is 0.283. The third-order valence-corrected chi connectivity index (χ3v) is 3.86. The highest BCUT2D eigenvalue weighted by atomic mass is 35.5. The molecule has 1 aromatic carbocycles. The van der Waals surface area contributed by atoms with Crippen LogP contribution in [0.3, 0.4) is 0 Å². The highest BCUT2D eigenvalue weighted by Gasteiger charge is 2.15. The van der Waals surface area contributed by atoms with Crippen LogP contribution in [-0.2, 0) is 0 Å². The first-order valence-electron chi connectivity index (χ1n) is 7.54. The highest BCUT2D eigenvalue weighted by molar-refractivity contribution is 6.32. The molecule has 24 heavy (non-hydrogen) atoms. The molecule has 2 heterocycles. The van der Waals surface area contributed by atoms with Gasteiger partial charge < -0.3 is 10.4 Å². The lowest BCUT2D eigenvalue weighted by molar-refractivity contribution is 0.208. The van der Waals surface area contributed by atoms with Crippen LogP contribution in [0.4, 0.5) is 5.82 Å². The van der Waals surface area contributed by atoms with E-state index in [2.05, 4.69) is 15.3 Å². The third-order valence-electron chi connectivity index (χ3n) is 3.54. The molecule has 0 saturated heterocycles. The van der Waals surface area contributed by atoms with Crippen LogP contribution in [0.1, 0.15) is 12.6 Å². The molecule has 0 bridgehead atoms. The van der Waals surface area contributed by atoms with E-state index < -0.39 is 11.8 Å². The molecule has 0 aliphatic rings. The number of aliphatic hydroxyl groups excluding tert-OH is 1. The van der Waals surface area contributed by atoms with E-state index >= 15 is 0 Å². The average Bonchev–Trinajstić information content (AvgIpc) is 2.53. The first-order valence-corrected chi connectivity index (χ1v) is 7.92. The Bertz CT molecular complexity index is 953. The van der Waals surface area contributed by atoms with Crippen molar-refractivity contribution in [1.29, 1.82) is 0 Å². The average molecular weight is 345 g/mol.